The molecule has 0 fully saturated rings. The molecule has 0 saturated heterocycles. The molecule has 5 heteroatoms. The highest BCUT2D eigenvalue weighted by molar-refractivity contribution is 5.42. The maximum Gasteiger partial charge on any atom is 0.128 e. The Labute approximate surface area is 82.6 Å². The summed E-state index contributed by atoms with van der Waals surface area (Å²) in [6.45, 7) is 1.45. The van der Waals surface area contributed by atoms with E-state index in [9.17, 15) is 5.11 Å². The molecule has 1 rings (SSSR count). The van der Waals surface area contributed by atoms with E-state index in [1.807, 2.05) is 0 Å². The second-order valence-corrected chi connectivity index (χ2v) is 3.46. The third-order valence-corrected chi connectivity index (χ3v) is 1.76. The first kappa shape index (κ1) is 10.7. The van der Waals surface area contributed by atoms with E-state index in [1.54, 1.807) is 18.2 Å². The van der Waals surface area contributed by atoms with Gasteiger partial charge in [0, 0.05) is 6.54 Å². The lowest BCUT2D eigenvalue weighted by Crippen LogP contribution is -2.37. The minimum Gasteiger partial charge on any atom is -0.393 e. The number of nitrogen functional groups attached to an aromatic ring is 1. The molecule has 0 bridgehead atoms. The number of hydrogen-bond donors (Lipinski definition) is 4. The van der Waals surface area contributed by atoms with Crippen molar-refractivity contribution in [1.29, 1.82) is 0 Å². The summed E-state index contributed by atoms with van der Waals surface area (Å²) >= 11 is 0. The van der Waals surface area contributed by atoms with Crippen LogP contribution >= 0.6 is 0 Å². The first-order valence-corrected chi connectivity index (χ1v) is 4.33. The van der Waals surface area contributed by atoms with E-state index >= 15 is 0 Å². The van der Waals surface area contributed by atoms with Crippen LogP contribution in [0.15, 0.2) is 18.2 Å². The van der Waals surface area contributed by atoms with E-state index in [0.29, 0.717) is 11.6 Å². The number of rotatable bonds is 4. The van der Waals surface area contributed by atoms with Gasteiger partial charge >= 0.3 is 0 Å². The Balaban J connectivity index is 2.54. The summed E-state index contributed by atoms with van der Waals surface area (Å²) in [4.78, 5) is 3.98. The lowest BCUT2D eigenvalue weighted by atomic mass is 10.1. The largest absolute Gasteiger partial charge is 0.393 e. The molecule has 0 aliphatic heterocycles. The van der Waals surface area contributed by atoms with Crippen molar-refractivity contribution in [1.82, 2.24) is 4.98 Å². The molecule has 1 atom stereocenters. The van der Waals surface area contributed by atoms with Crippen LogP contribution in [0.4, 0.5) is 11.6 Å². The first-order chi connectivity index (χ1) is 6.53. The van der Waals surface area contributed by atoms with Crippen LogP contribution in [0.5, 0.6) is 0 Å². The summed E-state index contributed by atoms with van der Waals surface area (Å²) in [5.74, 6) is 0.998. The number of aliphatic hydroxyl groups excluding tert-OH is 1. The highest BCUT2D eigenvalue weighted by atomic mass is 16.3. The molecule has 0 saturated carbocycles. The van der Waals surface area contributed by atoms with E-state index in [1.165, 1.54) is 6.92 Å². The number of nitrogens with two attached hydrogens (primary N) is 1. The van der Waals surface area contributed by atoms with Crippen molar-refractivity contribution in [2.75, 3.05) is 24.2 Å². The van der Waals surface area contributed by atoms with Gasteiger partial charge in [-0.1, -0.05) is 6.07 Å². The third-order valence-electron chi connectivity index (χ3n) is 1.76. The molecule has 0 aliphatic rings. The highest BCUT2D eigenvalue weighted by Crippen LogP contribution is 2.08. The Bertz CT molecular complexity index is 302. The highest BCUT2D eigenvalue weighted by Gasteiger charge is 2.18. The fourth-order valence-corrected chi connectivity index (χ4v) is 0.887. The van der Waals surface area contributed by atoms with Crippen molar-refractivity contribution in [3.63, 3.8) is 0 Å². The van der Waals surface area contributed by atoms with Gasteiger partial charge in [0.05, 0.1) is 6.61 Å². The van der Waals surface area contributed by atoms with E-state index in [2.05, 4.69) is 10.3 Å². The smallest absolute Gasteiger partial charge is 0.128 e. The minimum atomic E-state index is -1.15. The van der Waals surface area contributed by atoms with Gasteiger partial charge in [0.25, 0.3) is 0 Å². The number of pyridine rings is 1. The lowest BCUT2D eigenvalue weighted by molar-refractivity contribution is 0.0132. The molecule has 0 spiro atoms. The van der Waals surface area contributed by atoms with E-state index in [4.69, 9.17) is 10.8 Å². The zero-order valence-electron chi connectivity index (χ0n) is 8.07. The van der Waals surface area contributed by atoms with Gasteiger partial charge in [0.1, 0.15) is 17.2 Å². The number of aromatic nitrogens is 1. The zero-order valence-corrected chi connectivity index (χ0v) is 8.07. The van der Waals surface area contributed by atoms with Gasteiger partial charge in [-0.25, -0.2) is 4.98 Å². The Hall–Kier alpha value is -1.33. The van der Waals surface area contributed by atoms with Crippen LogP contribution in [-0.4, -0.2) is 33.9 Å². The Kier molecular flexibility index (Phi) is 3.27. The van der Waals surface area contributed by atoms with Crippen molar-refractivity contribution >= 4 is 11.6 Å². The summed E-state index contributed by atoms with van der Waals surface area (Å²) in [6.07, 6.45) is 0. The topological polar surface area (TPSA) is 91.4 Å². The molecule has 0 aliphatic carbocycles. The van der Waals surface area contributed by atoms with Crippen LogP contribution in [0.1, 0.15) is 6.92 Å². The molecular weight excluding hydrogens is 182 g/mol. The number of anilines is 2. The molecule has 0 aromatic carbocycles. The van der Waals surface area contributed by atoms with Crippen LogP contribution in [-0.2, 0) is 0 Å². The summed E-state index contributed by atoms with van der Waals surface area (Å²) < 4.78 is 0. The quantitative estimate of drug-likeness (QED) is 0.537. The number of nitrogens with zero attached hydrogens (tertiary/aromatic N) is 1. The van der Waals surface area contributed by atoms with Gasteiger partial charge in [-0.2, -0.15) is 0 Å². The van der Waals surface area contributed by atoms with Gasteiger partial charge in [0.15, 0.2) is 0 Å². The van der Waals surface area contributed by atoms with Crippen molar-refractivity contribution in [2.45, 2.75) is 12.5 Å². The average Bonchev–Trinajstić information content (AvgIpc) is 2.15. The van der Waals surface area contributed by atoms with Crippen LogP contribution in [0, 0.1) is 0 Å². The SMILES string of the molecule is CC(O)(CO)CNc1cccc(N)n1. The Morgan fingerprint density at radius 2 is 2.29 bits per heavy atom. The Morgan fingerprint density at radius 3 is 2.86 bits per heavy atom. The zero-order chi connectivity index (χ0) is 10.6. The standard InChI is InChI=1S/C9H15N3O2/c1-9(14,6-13)5-11-8-4-2-3-7(10)12-8/h2-4,13-14H,5-6H2,1H3,(H3,10,11,12). The molecule has 0 amide bonds. The molecule has 14 heavy (non-hydrogen) atoms. The molecule has 78 valence electrons. The number of hydrogen-bond acceptors (Lipinski definition) is 5. The van der Waals surface area contributed by atoms with Crippen LogP contribution < -0.4 is 11.1 Å². The van der Waals surface area contributed by atoms with Gasteiger partial charge in [-0.3, -0.25) is 0 Å². The van der Waals surface area contributed by atoms with Crippen molar-refractivity contribution < 1.29 is 10.2 Å². The van der Waals surface area contributed by atoms with Crippen molar-refractivity contribution in [3.05, 3.63) is 18.2 Å². The van der Waals surface area contributed by atoms with E-state index in [0.717, 1.165) is 0 Å². The normalized spacial score (nSPS) is 14.8. The molecule has 1 heterocycles. The number of aliphatic hydroxyl groups is 2. The van der Waals surface area contributed by atoms with Crippen LogP contribution in [0.3, 0.4) is 0 Å². The van der Waals surface area contributed by atoms with E-state index < -0.39 is 5.60 Å². The fourth-order valence-electron chi connectivity index (χ4n) is 0.887. The van der Waals surface area contributed by atoms with Crippen molar-refractivity contribution in [2.24, 2.45) is 0 Å². The maximum absolute atomic E-state index is 9.48. The summed E-state index contributed by atoms with van der Waals surface area (Å²) in [5, 5.41) is 21.1. The average molecular weight is 197 g/mol. The molecule has 1 unspecified atom stereocenters. The summed E-state index contributed by atoms with van der Waals surface area (Å²) in [7, 11) is 0. The Morgan fingerprint density at radius 1 is 1.57 bits per heavy atom. The number of nitrogens with one attached hydrogen (secondary N) is 1. The third kappa shape index (κ3) is 3.20. The van der Waals surface area contributed by atoms with Crippen LogP contribution in [0.25, 0.3) is 0 Å². The second-order valence-electron chi connectivity index (χ2n) is 3.46. The molecule has 0 radical (unpaired) electrons. The second kappa shape index (κ2) is 4.26. The van der Waals surface area contributed by atoms with Gasteiger partial charge in [-0.15, -0.1) is 0 Å². The summed E-state index contributed by atoms with van der Waals surface area (Å²) in [6, 6.07) is 5.18. The minimum absolute atomic E-state index is 0.222. The molecule has 5 N–H and O–H groups in total. The predicted octanol–water partition coefficient (Wildman–Crippen LogP) is -0.181. The maximum atomic E-state index is 9.48. The molecule has 5 nitrogen and oxygen atoms in total. The van der Waals surface area contributed by atoms with Crippen LogP contribution in [0.2, 0.25) is 0 Å². The van der Waals surface area contributed by atoms with Gasteiger partial charge < -0.3 is 21.3 Å². The monoisotopic (exact) mass is 197 g/mol. The molecular formula is C9H15N3O2. The van der Waals surface area contributed by atoms with Gasteiger partial charge in [0.2, 0.25) is 0 Å². The predicted molar refractivity (Wildman–Crippen MR) is 54.8 cm³/mol. The fraction of sp³-hybridized carbons (Fsp3) is 0.444. The molecule has 1 aromatic rings. The van der Waals surface area contributed by atoms with Gasteiger partial charge in [-0.05, 0) is 19.1 Å². The van der Waals surface area contributed by atoms with Crippen molar-refractivity contribution in [3.8, 4) is 0 Å². The van der Waals surface area contributed by atoms with E-state index in [-0.39, 0.29) is 13.2 Å². The lowest BCUT2D eigenvalue weighted by Gasteiger charge is -2.20. The first-order valence-electron chi connectivity index (χ1n) is 4.33. The molecule has 1 aromatic heterocycles. The summed E-state index contributed by atoms with van der Waals surface area (Å²) in [5.41, 5.74) is 4.32.